The number of benzene rings is 1. The second-order valence-electron chi connectivity index (χ2n) is 3.91. The number of ether oxygens (including phenoxy) is 2. The van der Waals surface area contributed by atoms with Gasteiger partial charge in [-0.1, -0.05) is 12.1 Å². The van der Waals surface area contributed by atoms with Crippen molar-refractivity contribution < 1.29 is 9.47 Å². The molecule has 5 nitrogen and oxygen atoms in total. The SMILES string of the molecule is CCOc1cncc(Oc2ccc(CCN)cc2)n1. The summed E-state index contributed by atoms with van der Waals surface area (Å²) in [5.74, 6) is 1.58. The Morgan fingerprint density at radius 2 is 1.84 bits per heavy atom. The standard InChI is InChI=1S/C14H17N3O2/c1-2-18-13-9-16-10-14(17-13)19-12-5-3-11(4-6-12)7-8-15/h3-6,9-10H,2,7-8,15H2,1H3. The molecule has 0 atom stereocenters. The van der Waals surface area contributed by atoms with Crippen molar-refractivity contribution in [3.8, 4) is 17.5 Å². The molecule has 0 saturated carbocycles. The van der Waals surface area contributed by atoms with Gasteiger partial charge in [-0.05, 0) is 37.6 Å². The molecule has 0 aliphatic carbocycles. The molecule has 0 fully saturated rings. The lowest BCUT2D eigenvalue weighted by Gasteiger charge is -2.07. The van der Waals surface area contributed by atoms with Crippen molar-refractivity contribution in [2.24, 2.45) is 5.73 Å². The first-order chi connectivity index (χ1) is 9.31. The Labute approximate surface area is 112 Å². The van der Waals surface area contributed by atoms with Crippen molar-refractivity contribution in [3.05, 3.63) is 42.2 Å². The summed E-state index contributed by atoms with van der Waals surface area (Å²) < 4.78 is 10.9. The fourth-order valence-electron chi connectivity index (χ4n) is 1.61. The van der Waals surface area contributed by atoms with Gasteiger partial charge in [0.2, 0.25) is 11.8 Å². The molecular weight excluding hydrogens is 242 g/mol. The van der Waals surface area contributed by atoms with Gasteiger partial charge in [0.15, 0.2) is 0 Å². The highest BCUT2D eigenvalue weighted by Crippen LogP contribution is 2.20. The molecule has 19 heavy (non-hydrogen) atoms. The second kappa shape index (κ2) is 6.70. The highest BCUT2D eigenvalue weighted by atomic mass is 16.5. The van der Waals surface area contributed by atoms with Crippen molar-refractivity contribution in [1.82, 2.24) is 9.97 Å². The fourth-order valence-corrected chi connectivity index (χ4v) is 1.61. The first-order valence-corrected chi connectivity index (χ1v) is 6.23. The molecule has 100 valence electrons. The highest BCUT2D eigenvalue weighted by Gasteiger charge is 2.02. The van der Waals surface area contributed by atoms with E-state index < -0.39 is 0 Å². The van der Waals surface area contributed by atoms with Crippen LogP contribution in [0.3, 0.4) is 0 Å². The normalized spacial score (nSPS) is 10.2. The fraction of sp³-hybridized carbons (Fsp3) is 0.286. The van der Waals surface area contributed by atoms with Gasteiger partial charge in [0.1, 0.15) is 5.75 Å². The number of nitrogens with two attached hydrogens (primary N) is 1. The molecule has 0 aliphatic heterocycles. The third kappa shape index (κ3) is 3.93. The predicted octanol–water partition coefficient (Wildman–Crippen LogP) is 2.17. The topological polar surface area (TPSA) is 70.3 Å². The first-order valence-electron chi connectivity index (χ1n) is 6.23. The molecule has 0 aliphatic rings. The van der Waals surface area contributed by atoms with Crippen LogP contribution in [0.15, 0.2) is 36.7 Å². The Kier molecular flexibility index (Phi) is 4.69. The van der Waals surface area contributed by atoms with Crippen LogP contribution in [0, 0.1) is 0 Å². The van der Waals surface area contributed by atoms with Crippen LogP contribution in [-0.4, -0.2) is 23.1 Å². The number of nitrogens with zero attached hydrogens (tertiary/aromatic N) is 2. The van der Waals surface area contributed by atoms with Gasteiger partial charge in [-0.25, -0.2) is 0 Å². The Morgan fingerprint density at radius 3 is 2.53 bits per heavy atom. The van der Waals surface area contributed by atoms with Crippen LogP contribution in [0.1, 0.15) is 12.5 Å². The van der Waals surface area contributed by atoms with Crippen molar-refractivity contribution in [2.45, 2.75) is 13.3 Å². The van der Waals surface area contributed by atoms with E-state index in [1.54, 1.807) is 12.4 Å². The van der Waals surface area contributed by atoms with Crippen molar-refractivity contribution in [3.63, 3.8) is 0 Å². The summed E-state index contributed by atoms with van der Waals surface area (Å²) in [5.41, 5.74) is 6.69. The average molecular weight is 259 g/mol. The number of aromatic nitrogens is 2. The van der Waals surface area contributed by atoms with E-state index in [1.807, 2.05) is 31.2 Å². The van der Waals surface area contributed by atoms with Crippen molar-refractivity contribution in [1.29, 1.82) is 0 Å². The second-order valence-corrected chi connectivity index (χ2v) is 3.91. The summed E-state index contributed by atoms with van der Waals surface area (Å²) in [4.78, 5) is 8.21. The molecule has 0 unspecified atom stereocenters. The van der Waals surface area contributed by atoms with Gasteiger partial charge >= 0.3 is 0 Å². The van der Waals surface area contributed by atoms with E-state index in [4.69, 9.17) is 15.2 Å². The number of hydrogen-bond acceptors (Lipinski definition) is 5. The maximum absolute atomic E-state index is 5.61. The van der Waals surface area contributed by atoms with Crippen LogP contribution < -0.4 is 15.2 Å². The average Bonchev–Trinajstić information content (AvgIpc) is 2.42. The molecule has 2 rings (SSSR count). The third-order valence-corrected chi connectivity index (χ3v) is 2.46. The lowest BCUT2D eigenvalue weighted by molar-refractivity contribution is 0.318. The summed E-state index contributed by atoms with van der Waals surface area (Å²) in [7, 11) is 0. The van der Waals surface area contributed by atoms with Gasteiger partial charge in [-0.15, -0.1) is 0 Å². The monoisotopic (exact) mass is 259 g/mol. The predicted molar refractivity (Wildman–Crippen MR) is 72.5 cm³/mol. The van der Waals surface area contributed by atoms with E-state index in [0.717, 1.165) is 6.42 Å². The van der Waals surface area contributed by atoms with Crippen LogP contribution in [0.25, 0.3) is 0 Å². The molecule has 0 amide bonds. The Balaban J connectivity index is 2.05. The van der Waals surface area contributed by atoms with Gasteiger partial charge in [0.25, 0.3) is 0 Å². The van der Waals surface area contributed by atoms with Crippen LogP contribution in [-0.2, 0) is 6.42 Å². The van der Waals surface area contributed by atoms with Gasteiger partial charge in [0, 0.05) is 0 Å². The molecule has 2 aromatic rings. The van der Waals surface area contributed by atoms with Crippen LogP contribution >= 0.6 is 0 Å². The van der Waals surface area contributed by atoms with Gasteiger partial charge < -0.3 is 15.2 Å². The zero-order valence-electron chi connectivity index (χ0n) is 10.9. The van der Waals surface area contributed by atoms with Crippen molar-refractivity contribution >= 4 is 0 Å². The molecule has 1 heterocycles. The summed E-state index contributed by atoms with van der Waals surface area (Å²) in [5, 5.41) is 0. The smallest absolute Gasteiger partial charge is 0.241 e. The maximum Gasteiger partial charge on any atom is 0.241 e. The zero-order chi connectivity index (χ0) is 13.5. The van der Waals surface area contributed by atoms with Gasteiger partial charge in [0.05, 0.1) is 19.0 Å². The van der Waals surface area contributed by atoms with E-state index in [0.29, 0.717) is 30.7 Å². The van der Waals surface area contributed by atoms with Crippen LogP contribution in [0.4, 0.5) is 0 Å². The summed E-state index contributed by atoms with van der Waals surface area (Å²) in [6, 6.07) is 7.75. The van der Waals surface area contributed by atoms with E-state index in [-0.39, 0.29) is 0 Å². The minimum Gasteiger partial charge on any atom is -0.477 e. The van der Waals surface area contributed by atoms with E-state index in [9.17, 15) is 0 Å². The Hall–Kier alpha value is -2.14. The Morgan fingerprint density at radius 1 is 1.11 bits per heavy atom. The lowest BCUT2D eigenvalue weighted by atomic mass is 10.1. The minimum atomic E-state index is 0.414. The largest absolute Gasteiger partial charge is 0.477 e. The quantitative estimate of drug-likeness (QED) is 0.860. The number of rotatable bonds is 6. The van der Waals surface area contributed by atoms with E-state index >= 15 is 0 Å². The molecule has 1 aromatic carbocycles. The zero-order valence-corrected chi connectivity index (χ0v) is 10.9. The molecule has 0 spiro atoms. The van der Waals surface area contributed by atoms with Gasteiger partial charge in [-0.2, -0.15) is 4.98 Å². The van der Waals surface area contributed by atoms with Crippen LogP contribution in [0.2, 0.25) is 0 Å². The highest BCUT2D eigenvalue weighted by molar-refractivity contribution is 5.30. The van der Waals surface area contributed by atoms with E-state index in [2.05, 4.69) is 9.97 Å². The lowest BCUT2D eigenvalue weighted by Crippen LogP contribution is -2.02. The summed E-state index contributed by atoms with van der Waals surface area (Å²) in [6.07, 6.45) is 3.97. The molecular formula is C14H17N3O2. The van der Waals surface area contributed by atoms with Gasteiger partial charge in [-0.3, -0.25) is 4.98 Å². The number of hydrogen-bond donors (Lipinski definition) is 1. The molecule has 0 bridgehead atoms. The molecule has 2 N–H and O–H groups in total. The molecule has 0 saturated heterocycles. The van der Waals surface area contributed by atoms with Crippen LogP contribution in [0.5, 0.6) is 17.5 Å². The molecule has 1 aromatic heterocycles. The summed E-state index contributed by atoms with van der Waals surface area (Å²) in [6.45, 7) is 3.08. The molecule has 5 heteroatoms. The summed E-state index contributed by atoms with van der Waals surface area (Å²) >= 11 is 0. The minimum absolute atomic E-state index is 0.414. The molecule has 0 radical (unpaired) electrons. The van der Waals surface area contributed by atoms with E-state index in [1.165, 1.54) is 5.56 Å². The third-order valence-electron chi connectivity index (χ3n) is 2.46. The van der Waals surface area contributed by atoms with Crippen molar-refractivity contribution in [2.75, 3.05) is 13.2 Å². The first kappa shape index (κ1) is 13.3. The Bertz CT molecular complexity index is 514. The maximum atomic E-state index is 5.61.